The third-order valence-corrected chi connectivity index (χ3v) is 5.52. The molecule has 2 aromatic heterocycles. The topological polar surface area (TPSA) is 81.0 Å². The largest absolute Gasteiger partial charge is 0.341 e. The van der Waals surface area contributed by atoms with E-state index in [1.54, 1.807) is 19.3 Å². The van der Waals surface area contributed by atoms with Crippen LogP contribution in [-0.2, 0) is 7.05 Å². The summed E-state index contributed by atoms with van der Waals surface area (Å²) in [6.07, 6.45) is 4.45. The SMILES string of the molecule is Cn1c(N2CCCC(C(=O)c3ccc(F)c(Cl)c3)C2)nc(-c2ccncn2)cc1=O. The van der Waals surface area contributed by atoms with Gasteiger partial charge in [0, 0.05) is 43.9 Å². The van der Waals surface area contributed by atoms with Crippen LogP contribution in [0.15, 0.2) is 47.7 Å². The van der Waals surface area contributed by atoms with E-state index in [9.17, 15) is 14.0 Å². The van der Waals surface area contributed by atoms with Crippen molar-refractivity contribution in [2.75, 3.05) is 18.0 Å². The van der Waals surface area contributed by atoms with E-state index in [1.165, 1.54) is 35.2 Å². The molecule has 30 heavy (non-hydrogen) atoms. The van der Waals surface area contributed by atoms with Crippen LogP contribution in [-0.4, -0.2) is 38.4 Å². The summed E-state index contributed by atoms with van der Waals surface area (Å²) in [4.78, 5) is 40.1. The zero-order valence-electron chi connectivity index (χ0n) is 16.3. The molecule has 7 nitrogen and oxygen atoms in total. The van der Waals surface area contributed by atoms with Gasteiger partial charge >= 0.3 is 0 Å². The first-order chi connectivity index (χ1) is 14.4. The zero-order valence-corrected chi connectivity index (χ0v) is 17.0. The fraction of sp³-hybridized carbons (Fsp3) is 0.286. The first kappa shape index (κ1) is 20.2. The number of hydrogen-bond donors (Lipinski definition) is 0. The fourth-order valence-electron chi connectivity index (χ4n) is 3.64. The summed E-state index contributed by atoms with van der Waals surface area (Å²) in [5, 5.41) is -0.0740. The number of carbonyl (C=O) groups excluding carboxylic acids is 1. The smallest absolute Gasteiger partial charge is 0.255 e. The molecule has 1 aromatic carbocycles. The summed E-state index contributed by atoms with van der Waals surface area (Å²) in [6, 6.07) is 7.13. The molecule has 1 saturated heterocycles. The molecule has 1 atom stereocenters. The summed E-state index contributed by atoms with van der Waals surface area (Å²) in [6.45, 7) is 1.07. The Kier molecular flexibility index (Phi) is 5.59. The second-order valence-electron chi connectivity index (χ2n) is 7.21. The van der Waals surface area contributed by atoms with Gasteiger partial charge in [-0.15, -0.1) is 0 Å². The molecule has 4 rings (SSSR count). The van der Waals surface area contributed by atoms with E-state index in [2.05, 4.69) is 15.0 Å². The Labute approximate surface area is 177 Å². The summed E-state index contributed by atoms with van der Waals surface area (Å²) < 4.78 is 14.9. The maximum atomic E-state index is 13.4. The predicted octanol–water partition coefficient (Wildman–Crippen LogP) is 3.13. The van der Waals surface area contributed by atoms with Crippen LogP contribution in [0.1, 0.15) is 23.2 Å². The van der Waals surface area contributed by atoms with Gasteiger partial charge in [-0.05, 0) is 37.1 Å². The highest BCUT2D eigenvalue weighted by Gasteiger charge is 2.29. The number of anilines is 1. The van der Waals surface area contributed by atoms with Crippen molar-refractivity contribution in [1.29, 1.82) is 0 Å². The lowest BCUT2D eigenvalue weighted by Gasteiger charge is -2.33. The van der Waals surface area contributed by atoms with Crippen LogP contribution in [0.2, 0.25) is 5.02 Å². The van der Waals surface area contributed by atoms with Crippen molar-refractivity contribution in [3.63, 3.8) is 0 Å². The first-order valence-corrected chi connectivity index (χ1v) is 9.90. The number of hydrogen-bond acceptors (Lipinski definition) is 6. The molecule has 0 bridgehead atoms. The van der Waals surface area contributed by atoms with Gasteiger partial charge in [0.05, 0.1) is 16.4 Å². The number of aromatic nitrogens is 4. The Balaban J connectivity index is 1.63. The van der Waals surface area contributed by atoms with E-state index in [-0.39, 0.29) is 22.3 Å². The molecule has 0 radical (unpaired) electrons. The lowest BCUT2D eigenvalue weighted by atomic mass is 9.90. The van der Waals surface area contributed by atoms with Gasteiger partial charge in [-0.1, -0.05) is 11.6 Å². The number of piperidine rings is 1. The van der Waals surface area contributed by atoms with Crippen molar-refractivity contribution in [3.8, 4) is 11.4 Å². The van der Waals surface area contributed by atoms with Gasteiger partial charge in [0.25, 0.3) is 5.56 Å². The third kappa shape index (κ3) is 3.95. The van der Waals surface area contributed by atoms with Crippen LogP contribution in [0, 0.1) is 11.7 Å². The minimum absolute atomic E-state index is 0.0740. The molecule has 0 N–H and O–H groups in total. The van der Waals surface area contributed by atoms with Crippen LogP contribution < -0.4 is 10.5 Å². The van der Waals surface area contributed by atoms with E-state index in [0.717, 1.165) is 6.42 Å². The number of Topliss-reactive ketones (excluding diaryl/α,β-unsaturated/α-hetero) is 1. The normalized spacial score (nSPS) is 16.5. The van der Waals surface area contributed by atoms with Crippen LogP contribution in [0.25, 0.3) is 11.4 Å². The summed E-state index contributed by atoms with van der Waals surface area (Å²) in [5.74, 6) is -0.483. The Bertz CT molecular complexity index is 1150. The van der Waals surface area contributed by atoms with Crippen LogP contribution >= 0.6 is 11.6 Å². The average Bonchev–Trinajstić information content (AvgIpc) is 2.77. The number of rotatable bonds is 4. The lowest BCUT2D eigenvalue weighted by Crippen LogP contribution is -2.42. The molecule has 0 amide bonds. The minimum Gasteiger partial charge on any atom is -0.341 e. The molecule has 0 aliphatic carbocycles. The standard InChI is InChI=1S/C21H19ClFN5O2/c1-27-19(29)10-18(17-6-7-24-12-25-17)26-21(27)28-8-2-3-14(11-28)20(30)13-4-5-16(23)15(22)9-13/h4-7,9-10,12,14H,2-3,8,11H2,1H3. The molecule has 0 saturated carbocycles. The molecule has 1 aliphatic rings. The highest BCUT2D eigenvalue weighted by Crippen LogP contribution is 2.26. The van der Waals surface area contributed by atoms with Gasteiger partial charge in [0.1, 0.15) is 12.1 Å². The van der Waals surface area contributed by atoms with E-state index in [1.807, 2.05) is 4.90 Å². The van der Waals surface area contributed by atoms with Crippen molar-refractivity contribution in [2.45, 2.75) is 12.8 Å². The van der Waals surface area contributed by atoms with Crippen LogP contribution in [0.3, 0.4) is 0 Å². The van der Waals surface area contributed by atoms with Crippen molar-refractivity contribution in [2.24, 2.45) is 13.0 Å². The Morgan fingerprint density at radius 3 is 2.80 bits per heavy atom. The van der Waals surface area contributed by atoms with Crippen molar-refractivity contribution >= 4 is 23.3 Å². The number of nitrogens with zero attached hydrogens (tertiary/aromatic N) is 5. The highest BCUT2D eigenvalue weighted by atomic mass is 35.5. The number of ketones is 1. The Morgan fingerprint density at radius 1 is 1.23 bits per heavy atom. The van der Waals surface area contributed by atoms with Gasteiger partial charge in [-0.25, -0.2) is 19.3 Å². The van der Waals surface area contributed by atoms with Gasteiger partial charge in [0.2, 0.25) is 5.95 Å². The number of halogens is 2. The summed E-state index contributed by atoms with van der Waals surface area (Å²) >= 11 is 5.84. The average molecular weight is 428 g/mol. The van der Waals surface area contributed by atoms with E-state index in [0.29, 0.717) is 42.4 Å². The molecule has 1 unspecified atom stereocenters. The number of benzene rings is 1. The van der Waals surface area contributed by atoms with Crippen LogP contribution in [0.5, 0.6) is 0 Å². The third-order valence-electron chi connectivity index (χ3n) is 5.23. The molecule has 0 spiro atoms. The van der Waals surface area contributed by atoms with E-state index in [4.69, 9.17) is 11.6 Å². The fourth-order valence-corrected chi connectivity index (χ4v) is 3.82. The first-order valence-electron chi connectivity index (χ1n) is 9.52. The van der Waals surface area contributed by atoms with E-state index < -0.39 is 5.82 Å². The van der Waals surface area contributed by atoms with Gasteiger partial charge < -0.3 is 4.90 Å². The molecule has 9 heteroatoms. The molecular weight excluding hydrogens is 409 g/mol. The van der Waals surface area contributed by atoms with E-state index >= 15 is 0 Å². The van der Waals surface area contributed by atoms with Gasteiger partial charge in [0.15, 0.2) is 5.78 Å². The predicted molar refractivity (Wildman–Crippen MR) is 111 cm³/mol. The second-order valence-corrected chi connectivity index (χ2v) is 7.62. The molecular formula is C21H19ClFN5O2. The Hall–Kier alpha value is -3.13. The molecule has 154 valence electrons. The molecule has 3 heterocycles. The quantitative estimate of drug-likeness (QED) is 0.595. The molecule has 3 aromatic rings. The number of carbonyl (C=O) groups is 1. The molecule has 1 fully saturated rings. The van der Waals surface area contributed by atoms with Gasteiger partial charge in [-0.3, -0.25) is 14.2 Å². The van der Waals surface area contributed by atoms with Crippen molar-refractivity contribution < 1.29 is 9.18 Å². The van der Waals surface area contributed by atoms with Gasteiger partial charge in [-0.2, -0.15) is 0 Å². The Morgan fingerprint density at radius 2 is 2.07 bits per heavy atom. The minimum atomic E-state index is -0.556. The van der Waals surface area contributed by atoms with Crippen molar-refractivity contribution in [1.82, 2.24) is 19.5 Å². The highest BCUT2D eigenvalue weighted by molar-refractivity contribution is 6.31. The summed E-state index contributed by atoms with van der Waals surface area (Å²) in [7, 11) is 1.65. The molecule has 1 aliphatic heterocycles. The second kappa shape index (κ2) is 8.31. The maximum absolute atomic E-state index is 13.4. The lowest BCUT2D eigenvalue weighted by molar-refractivity contribution is 0.0906. The maximum Gasteiger partial charge on any atom is 0.255 e. The van der Waals surface area contributed by atoms with Crippen LogP contribution in [0.4, 0.5) is 10.3 Å². The zero-order chi connectivity index (χ0) is 21.3. The van der Waals surface area contributed by atoms with Crippen molar-refractivity contribution in [3.05, 3.63) is 69.6 Å². The monoisotopic (exact) mass is 427 g/mol. The summed E-state index contributed by atoms with van der Waals surface area (Å²) in [5.41, 5.74) is 1.17.